The van der Waals surface area contributed by atoms with E-state index in [0.717, 1.165) is 25.5 Å². The molecular formula is C14H23ClN6O2. The lowest BCUT2D eigenvalue weighted by molar-refractivity contribution is -0.122. The number of carbonyl (C=O) groups excluding carboxylic acids is 2. The zero-order valence-corrected chi connectivity index (χ0v) is 13.9. The zero-order chi connectivity index (χ0) is 15.9. The van der Waals surface area contributed by atoms with Gasteiger partial charge in [0.05, 0.1) is 12.6 Å². The second-order valence-corrected chi connectivity index (χ2v) is 5.13. The summed E-state index contributed by atoms with van der Waals surface area (Å²) in [6.45, 7) is 6.22. The van der Waals surface area contributed by atoms with Crippen molar-refractivity contribution < 1.29 is 9.59 Å². The van der Waals surface area contributed by atoms with Gasteiger partial charge in [0.15, 0.2) is 0 Å². The molecule has 1 aromatic heterocycles. The van der Waals surface area contributed by atoms with Gasteiger partial charge in [-0.15, -0.1) is 19.0 Å². The Kier molecular flexibility index (Phi) is 7.73. The van der Waals surface area contributed by atoms with Crippen LogP contribution in [0, 0.1) is 0 Å². The topological polar surface area (TPSA) is 91.3 Å². The van der Waals surface area contributed by atoms with Crippen LogP contribution in [-0.4, -0.2) is 59.1 Å². The van der Waals surface area contributed by atoms with Crippen molar-refractivity contribution in [3.05, 3.63) is 30.9 Å². The largest absolute Gasteiger partial charge is 0.337 e. The summed E-state index contributed by atoms with van der Waals surface area (Å²) in [4.78, 5) is 29.9. The van der Waals surface area contributed by atoms with Gasteiger partial charge in [-0.1, -0.05) is 6.08 Å². The van der Waals surface area contributed by atoms with E-state index in [0.29, 0.717) is 6.54 Å². The number of rotatable bonds is 5. The maximum Gasteiger partial charge on any atom is 0.321 e. The van der Waals surface area contributed by atoms with Crippen molar-refractivity contribution in [1.82, 2.24) is 30.4 Å². The van der Waals surface area contributed by atoms with E-state index in [-0.39, 0.29) is 30.9 Å². The number of carbonyl (C=O) groups is 2. The van der Waals surface area contributed by atoms with Gasteiger partial charge in [-0.05, 0) is 0 Å². The van der Waals surface area contributed by atoms with Crippen LogP contribution < -0.4 is 16.0 Å². The molecule has 1 aliphatic rings. The van der Waals surface area contributed by atoms with Gasteiger partial charge in [0, 0.05) is 45.6 Å². The van der Waals surface area contributed by atoms with Crippen molar-refractivity contribution in [3.63, 3.8) is 0 Å². The number of nitrogens with zero attached hydrogens (tertiary/aromatic N) is 3. The molecule has 3 amide bonds. The average molecular weight is 343 g/mol. The van der Waals surface area contributed by atoms with Crippen LogP contribution in [0.15, 0.2) is 25.0 Å². The summed E-state index contributed by atoms with van der Waals surface area (Å²) in [5, 5.41) is 8.13. The lowest BCUT2D eigenvalue weighted by Crippen LogP contribution is -2.51. The number of hydrogen-bond donors (Lipinski definition) is 3. The Morgan fingerprint density at radius 2 is 2.35 bits per heavy atom. The Hall–Kier alpha value is -1.90. The van der Waals surface area contributed by atoms with Crippen LogP contribution in [0.4, 0.5) is 4.79 Å². The smallest absolute Gasteiger partial charge is 0.321 e. The molecule has 8 nitrogen and oxygen atoms in total. The van der Waals surface area contributed by atoms with Crippen LogP contribution in [0.1, 0.15) is 11.9 Å². The van der Waals surface area contributed by atoms with Gasteiger partial charge in [0.2, 0.25) is 5.91 Å². The quantitative estimate of drug-likeness (QED) is 0.645. The fourth-order valence-electron chi connectivity index (χ4n) is 2.45. The molecule has 0 aromatic carbocycles. The summed E-state index contributed by atoms with van der Waals surface area (Å²) in [7, 11) is 1.93. The molecule has 0 radical (unpaired) electrons. The highest BCUT2D eigenvalue weighted by molar-refractivity contribution is 5.95. The first-order valence-corrected chi connectivity index (χ1v) is 7.22. The van der Waals surface area contributed by atoms with Crippen LogP contribution in [0.25, 0.3) is 0 Å². The minimum absolute atomic E-state index is 0. The normalized spacial score (nSPS) is 17.9. The van der Waals surface area contributed by atoms with E-state index in [2.05, 4.69) is 27.5 Å². The van der Waals surface area contributed by atoms with Gasteiger partial charge in [-0.25, -0.2) is 9.78 Å². The monoisotopic (exact) mass is 342 g/mol. The Morgan fingerprint density at radius 3 is 3.00 bits per heavy atom. The van der Waals surface area contributed by atoms with E-state index in [1.807, 2.05) is 22.7 Å². The first kappa shape index (κ1) is 19.1. The summed E-state index contributed by atoms with van der Waals surface area (Å²) in [5.74, 6) is 0.568. The van der Waals surface area contributed by atoms with E-state index in [4.69, 9.17) is 0 Å². The van der Waals surface area contributed by atoms with Gasteiger partial charge in [0.1, 0.15) is 5.82 Å². The number of hydrogen-bond acceptors (Lipinski definition) is 5. The molecule has 23 heavy (non-hydrogen) atoms. The SMILES string of the molecule is C=CCNC(=O)NC(=O)CN1CCNCC1c1nccn1C.Cl. The minimum Gasteiger partial charge on any atom is -0.337 e. The van der Waals surface area contributed by atoms with Gasteiger partial charge in [0.25, 0.3) is 0 Å². The van der Waals surface area contributed by atoms with Crippen LogP contribution in [0.5, 0.6) is 0 Å². The molecule has 128 valence electrons. The number of aryl methyl sites for hydroxylation is 1. The van der Waals surface area contributed by atoms with Crippen molar-refractivity contribution in [2.75, 3.05) is 32.7 Å². The zero-order valence-electron chi connectivity index (χ0n) is 13.1. The summed E-state index contributed by atoms with van der Waals surface area (Å²) in [6.07, 6.45) is 5.17. The number of imidazole rings is 1. The van der Waals surface area contributed by atoms with Crippen LogP contribution in [0.2, 0.25) is 0 Å². The molecule has 1 saturated heterocycles. The second-order valence-electron chi connectivity index (χ2n) is 5.13. The lowest BCUT2D eigenvalue weighted by Gasteiger charge is -2.35. The maximum absolute atomic E-state index is 12.0. The fraction of sp³-hybridized carbons (Fsp3) is 0.500. The van der Waals surface area contributed by atoms with Crippen LogP contribution >= 0.6 is 12.4 Å². The molecule has 1 fully saturated rings. The number of halogens is 1. The Labute approximate surface area is 141 Å². The summed E-state index contributed by atoms with van der Waals surface area (Å²) in [6, 6.07) is -0.496. The van der Waals surface area contributed by atoms with Crippen LogP contribution in [0.3, 0.4) is 0 Å². The predicted molar refractivity (Wildman–Crippen MR) is 89.4 cm³/mol. The third-order valence-corrected chi connectivity index (χ3v) is 3.52. The number of amides is 3. The first-order valence-electron chi connectivity index (χ1n) is 7.22. The summed E-state index contributed by atoms with van der Waals surface area (Å²) in [5.41, 5.74) is 0. The molecule has 2 rings (SSSR count). The van der Waals surface area contributed by atoms with Crippen LogP contribution in [-0.2, 0) is 11.8 Å². The molecule has 1 atom stereocenters. The predicted octanol–water partition coefficient (Wildman–Crippen LogP) is -0.200. The van der Waals surface area contributed by atoms with E-state index in [1.165, 1.54) is 0 Å². The Morgan fingerprint density at radius 1 is 1.57 bits per heavy atom. The van der Waals surface area contributed by atoms with Crippen molar-refractivity contribution in [2.45, 2.75) is 6.04 Å². The number of urea groups is 1. The number of aromatic nitrogens is 2. The molecule has 0 bridgehead atoms. The third-order valence-electron chi connectivity index (χ3n) is 3.52. The summed E-state index contributed by atoms with van der Waals surface area (Å²) < 4.78 is 1.94. The molecule has 2 heterocycles. The van der Waals surface area contributed by atoms with Crippen molar-refractivity contribution in [2.24, 2.45) is 7.05 Å². The Balaban J connectivity index is 0.00000264. The molecule has 3 N–H and O–H groups in total. The summed E-state index contributed by atoms with van der Waals surface area (Å²) >= 11 is 0. The van der Waals surface area contributed by atoms with Gasteiger partial charge in [-0.2, -0.15) is 0 Å². The highest BCUT2D eigenvalue weighted by Gasteiger charge is 2.28. The van der Waals surface area contributed by atoms with Crippen molar-refractivity contribution in [3.8, 4) is 0 Å². The highest BCUT2D eigenvalue weighted by atomic mass is 35.5. The first-order chi connectivity index (χ1) is 10.6. The third kappa shape index (κ3) is 5.34. The molecular weight excluding hydrogens is 320 g/mol. The number of imide groups is 1. The van der Waals surface area contributed by atoms with Gasteiger partial charge >= 0.3 is 6.03 Å². The van der Waals surface area contributed by atoms with Gasteiger partial charge < -0.3 is 15.2 Å². The van der Waals surface area contributed by atoms with E-state index >= 15 is 0 Å². The lowest BCUT2D eigenvalue weighted by atomic mass is 10.1. The van der Waals surface area contributed by atoms with E-state index in [9.17, 15) is 9.59 Å². The number of piperazine rings is 1. The maximum atomic E-state index is 12.0. The molecule has 0 spiro atoms. The standard InChI is InChI=1S/C14H22N6O2.ClH/c1-3-4-17-14(22)18-12(21)10-20-8-5-15-9-11(20)13-16-6-7-19(13)2;/h3,6-7,11,15H,1,4-5,8-10H2,2H3,(H2,17,18,21,22);1H. The number of nitrogens with one attached hydrogen (secondary N) is 3. The van der Waals surface area contributed by atoms with Crippen molar-refractivity contribution >= 4 is 24.3 Å². The molecule has 1 aromatic rings. The Bertz CT molecular complexity index is 547. The van der Waals surface area contributed by atoms with E-state index in [1.54, 1.807) is 12.3 Å². The minimum atomic E-state index is -0.506. The molecule has 0 aliphatic carbocycles. The van der Waals surface area contributed by atoms with Crippen molar-refractivity contribution in [1.29, 1.82) is 0 Å². The second kappa shape index (κ2) is 9.29. The molecule has 1 aliphatic heterocycles. The highest BCUT2D eigenvalue weighted by Crippen LogP contribution is 2.19. The van der Waals surface area contributed by atoms with Gasteiger partial charge in [-0.3, -0.25) is 15.0 Å². The molecule has 1 unspecified atom stereocenters. The average Bonchev–Trinajstić information content (AvgIpc) is 2.91. The molecule has 9 heteroatoms. The fourth-order valence-corrected chi connectivity index (χ4v) is 2.45. The van der Waals surface area contributed by atoms with E-state index < -0.39 is 6.03 Å². The molecule has 0 saturated carbocycles.